The van der Waals surface area contributed by atoms with Gasteiger partial charge in [0.1, 0.15) is 0 Å². The normalized spacial score (nSPS) is 10.4. The number of carbonyl (C=O) groups excluding carboxylic acids is 1. The molecule has 0 aliphatic heterocycles. The summed E-state index contributed by atoms with van der Waals surface area (Å²) in [5, 5.41) is 0. The standard InChI is InChI=1S/C13H15N3OS2/c1-8-2-4-11(10(14)6-8)18-7-9-3-5-12(19-9)13(17)16-15/h2-6H,7,14-15H2,1H3,(H,16,17). The first-order valence-corrected chi connectivity index (χ1v) is 7.49. The molecule has 0 aliphatic rings. The van der Waals surface area contributed by atoms with E-state index in [9.17, 15) is 4.79 Å². The molecular formula is C13H15N3OS2. The second kappa shape index (κ2) is 6.10. The third-order valence-corrected chi connectivity index (χ3v) is 4.96. The number of anilines is 1. The van der Waals surface area contributed by atoms with Crippen molar-refractivity contribution in [1.29, 1.82) is 0 Å². The van der Waals surface area contributed by atoms with Crippen LogP contribution in [0.15, 0.2) is 35.2 Å². The smallest absolute Gasteiger partial charge is 0.275 e. The highest BCUT2D eigenvalue weighted by Gasteiger charge is 2.08. The summed E-state index contributed by atoms with van der Waals surface area (Å²) in [6.07, 6.45) is 0. The molecule has 0 atom stereocenters. The second-order valence-electron chi connectivity index (χ2n) is 4.07. The molecular weight excluding hydrogens is 278 g/mol. The Morgan fingerprint density at radius 2 is 2.16 bits per heavy atom. The lowest BCUT2D eigenvalue weighted by Crippen LogP contribution is -2.29. The Bertz CT molecular complexity index is 595. The zero-order chi connectivity index (χ0) is 13.8. The summed E-state index contributed by atoms with van der Waals surface area (Å²) in [5.74, 6) is 5.63. The molecule has 5 N–H and O–H groups in total. The Hall–Kier alpha value is -1.50. The van der Waals surface area contributed by atoms with Gasteiger partial charge in [0, 0.05) is 21.2 Å². The molecule has 2 aromatic rings. The van der Waals surface area contributed by atoms with Gasteiger partial charge in [-0.3, -0.25) is 10.2 Å². The lowest BCUT2D eigenvalue weighted by molar-refractivity contribution is 0.0957. The molecule has 4 nitrogen and oxygen atoms in total. The average molecular weight is 293 g/mol. The van der Waals surface area contributed by atoms with Crippen molar-refractivity contribution in [3.63, 3.8) is 0 Å². The predicted octanol–water partition coefficient (Wildman–Crippen LogP) is 2.53. The van der Waals surface area contributed by atoms with Gasteiger partial charge in [-0.15, -0.1) is 23.1 Å². The fourth-order valence-electron chi connectivity index (χ4n) is 1.60. The van der Waals surface area contributed by atoms with Crippen LogP contribution in [0.2, 0.25) is 0 Å². The van der Waals surface area contributed by atoms with Crippen molar-refractivity contribution in [3.8, 4) is 0 Å². The monoisotopic (exact) mass is 293 g/mol. The summed E-state index contributed by atoms with van der Waals surface area (Å²) in [7, 11) is 0. The minimum absolute atomic E-state index is 0.254. The van der Waals surface area contributed by atoms with E-state index >= 15 is 0 Å². The molecule has 6 heteroatoms. The third-order valence-electron chi connectivity index (χ3n) is 2.55. The minimum Gasteiger partial charge on any atom is -0.398 e. The van der Waals surface area contributed by atoms with Gasteiger partial charge in [-0.05, 0) is 36.8 Å². The van der Waals surface area contributed by atoms with Crippen LogP contribution in [0.4, 0.5) is 5.69 Å². The van der Waals surface area contributed by atoms with E-state index in [-0.39, 0.29) is 5.91 Å². The number of thioether (sulfide) groups is 1. The lowest BCUT2D eigenvalue weighted by atomic mass is 10.2. The molecule has 19 heavy (non-hydrogen) atoms. The Morgan fingerprint density at radius 3 is 2.84 bits per heavy atom. The van der Waals surface area contributed by atoms with Gasteiger partial charge < -0.3 is 5.73 Å². The maximum atomic E-state index is 11.3. The van der Waals surface area contributed by atoms with E-state index in [2.05, 4.69) is 5.43 Å². The maximum Gasteiger partial charge on any atom is 0.275 e. The number of carbonyl (C=O) groups is 1. The largest absolute Gasteiger partial charge is 0.398 e. The van der Waals surface area contributed by atoms with Gasteiger partial charge in [0.2, 0.25) is 0 Å². The van der Waals surface area contributed by atoms with E-state index in [1.54, 1.807) is 17.8 Å². The highest BCUT2D eigenvalue weighted by Crippen LogP contribution is 2.31. The van der Waals surface area contributed by atoms with Crippen LogP contribution in [0.3, 0.4) is 0 Å². The van der Waals surface area contributed by atoms with E-state index in [0.29, 0.717) is 4.88 Å². The molecule has 0 bridgehead atoms. The van der Waals surface area contributed by atoms with Crippen LogP contribution < -0.4 is 17.0 Å². The molecule has 0 saturated heterocycles. The number of nitrogens with two attached hydrogens (primary N) is 2. The van der Waals surface area contributed by atoms with Crippen LogP contribution in [-0.2, 0) is 5.75 Å². The number of aryl methyl sites for hydroxylation is 1. The summed E-state index contributed by atoms with van der Waals surface area (Å²) >= 11 is 3.10. The van der Waals surface area contributed by atoms with Crippen LogP contribution in [0, 0.1) is 6.92 Å². The molecule has 0 saturated carbocycles. The Labute approximate surface area is 120 Å². The van der Waals surface area contributed by atoms with E-state index in [1.807, 2.05) is 31.2 Å². The first-order valence-electron chi connectivity index (χ1n) is 5.68. The fourth-order valence-corrected chi connectivity index (χ4v) is 3.50. The summed E-state index contributed by atoms with van der Waals surface area (Å²) in [5.41, 5.74) is 10.0. The van der Waals surface area contributed by atoms with Crippen LogP contribution >= 0.6 is 23.1 Å². The van der Waals surface area contributed by atoms with Crippen molar-refractivity contribution in [1.82, 2.24) is 5.43 Å². The SMILES string of the molecule is Cc1ccc(SCc2ccc(C(=O)NN)s2)c(N)c1. The number of hydrogen-bond acceptors (Lipinski definition) is 5. The number of hydrogen-bond donors (Lipinski definition) is 3. The van der Waals surface area contributed by atoms with Crippen molar-refractivity contribution >= 4 is 34.7 Å². The van der Waals surface area contributed by atoms with Crippen molar-refractivity contribution in [2.45, 2.75) is 17.6 Å². The van der Waals surface area contributed by atoms with Gasteiger partial charge in [-0.25, -0.2) is 5.84 Å². The van der Waals surface area contributed by atoms with E-state index in [0.717, 1.165) is 26.8 Å². The Morgan fingerprint density at radius 1 is 1.37 bits per heavy atom. The predicted molar refractivity (Wildman–Crippen MR) is 81.1 cm³/mol. The zero-order valence-electron chi connectivity index (χ0n) is 10.5. The molecule has 0 aliphatic carbocycles. The number of thiophene rings is 1. The van der Waals surface area contributed by atoms with Gasteiger partial charge in [0.05, 0.1) is 4.88 Å². The quantitative estimate of drug-likeness (QED) is 0.266. The number of benzene rings is 1. The van der Waals surface area contributed by atoms with Crippen LogP contribution in [0.25, 0.3) is 0 Å². The van der Waals surface area contributed by atoms with E-state index in [1.165, 1.54) is 11.3 Å². The number of amides is 1. The number of nitrogen functional groups attached to an aromatic ring is 2. The first kappa shape index (κ1) is 13.9. The molecule has 0 fully saturated rings. The van der Waals surface area contributed by atoms with Gasteiger partial charge in [-0.1, -0.05) is 6.07 Å². The topological polar surface area (TPSA) is 81.1 Å². The minimum atomic E-state index is -0.254. The summed E-state index contributed by atoms with van der Waals surface area (Å²) in [4.78, 5) is 14.1. The molecule has 2 rings (SSSR count). The Balaban J connectivity index is 2.02. The molecule has 0 unspecified atom stereocenters. The van der Waals surface area contributed by atoms with Gasteiger partial charge in [-0.2, -0.15) is 0 Å². The third kappa shape index (κ3) is 3.50. The summed E-state index contributed by atoms with van der Waals surface area (Å²) < 4.78 is 0. The van der Waals surface area contributed by atoms with Crippen molar-refractivity contribution in [2.75, 3.05) is 5.73 Å². The van der Waals surface area contributed by atoms with Crippen molar-refractivity contribution in [3.05, 3.63) is 45.6 Å². The van der Waals surface area contributed by atoms with E-state index in [4.69, 9.17) is 11.6 Å². The molecule has 1 amide bonds. The van der Waals surface area contributed by atoms with Gasteiger partial charge in [0.15, 0.2) is 0 Å². The average Bonchev–Trinajstić information content (AvgIpc) is 2.85. The van der Waals surface area contributed by atoms with Crippen molar-refractivity contribution in [2.24, 2.45) is 5.84 Å². The van der Waals surface area contributed by atoms with Crippen LogP contribution in [-0.4, -0.2) is 5.91 Å². The molecule has 1 aromatic heterocycles. The number of rotatable bonds is 4. The second-order valence-corrected chi connectivity index (χ2v) is 6.25. The zero-order valence-corrected chi connectivity index (χ0v) is 12.1. The molecule has 0 radical (unpaired) electrons. The summed E-state index contributed by atoms with van der Waals surface area (Å²) in [6.45, 7) is 2.02. The first-order chi connectivity index (χ1) is 9.10. The van der Waals surface area contributed by atoms with Crippen molar-refractivity contribution < 1.29 is 4.79 Å². The Kier molecular flexibility index (Phi) is 4.47. The van der Waals surface area contributed by atoms with Crippen LogP contribution in [0.5, 0.6) is 0 Å². The van der Waals surface area contributed by atoms with Crippen LogP contribution in [0.1, 0.15) is 20.1 Å². The molecule has 1 heterocycles. The number of nitrogens with one attached hydrogen (secondary N) is 1. The van der Waals surface area contributed by atoms with E-state index < -0.39 is 0 Å². The fraction of sp³-hybridized carbons (Fsp3) is 0.154. The van der Waals surface area contributed by atoms with Gasteiger partial charge >= 0.3 is 0 Å². The molecule has 0 spiro atoms. The lowest BCUT2D eigenvalue weighted by Gasteiger charge is -2.05. The van der Waals surface area contributed by atoms with Gasteiger partial charge in [0.25, 0.3) is 5.91 Å². The number of hydrazine groups is 1. The molecule has 1 aromatic carbocycles. The maximum absolute atomic E-state index is 11.3. The highest BCUT2D eigenvalue weighted by molar-refractivity contribution is 7.98. The summed E-state index contributed by atoms with van der Waals surface area (Å²) in [6, 6.07) is 9.74. The highest BCUT2D eigenvalue weighted by atomic mass is 32.2. The molecule has 100 valence electrons.